The third-order valence-corrected chi connectivity index (χ3v) is 6.54. The Balaban J connectivity index is 1.47. The predicted octanol–water partition coefficient (Wildman–Crippen LogP) is 5.09. The highest BCUT2D eigenvalue weighted by Gasteiger charge is 2.35. The molecule has 0 aliphatic carbocycles. The number of halogens is 1. The summed E-state index contributed by atoms with van der Waals surface area (Å²) >= 11 is 0. The lowest BCUT2D eigenvalue weighted by atomic mass is 10.1. The molecule has 0 saturated heterocycles. The second kappa shape index (κ2) is 12.0. The maximum absolute atomic E-state index is 14.0. The first-order chi connectivity index (χ1) is 19.8. The Morgan fingerprint density at radius 2 is 1.56 bits per heavy atom. The highest BCUT2D eigenvalue weighted by Crippen LogP contribution is 2.30. The fraction of sp³-hybridized carbons (Fsp3) is 0.194. The molecule has 1 N–H and O–H groups in total. The molecule has 1 atom stereocenters. The summed E-state index contributed by atoms with van der Waals surface area (Å²) in [7, 11) is 0. The molecule has 2 heterocycles. The number of hydrogen-bond acceptors (Lipinski definition) is 6. The SMILES string of the molecule is Cc1ccc(-c2nnn(CC(=O)N(c3ccc(C)cc3)C(C(=O)NCc3ccc(F)cc3)c3ccc(C)o3)n2)cc1. The van der Waals surface area contributed by atoms with Gasteiger partial charge in [-0.15, -0.1) is 10.2 Å². The van der Waals surface area contributed by atoms with E-state index in [1.165, 1.54) is 21.8 Å². The van der Waals surface area contributed by atoms with Crippen LogP contribution in [0.3, 0.4) is 0 Å². The van der Waals surface area contributed by atoms with Crippen LogP contribution < -0.4 is 10.2 Å². The van der Waals surface area contributed by atoms with Crippen molar-refractivity contribution in [3.63, 3.8) is 0 Å². The molecule has 0 radical (unpaired) electrons. The molecular weight excluding hydrogens is 523 g/mol. The first kappa shape index (κ1) is 27.4. The lowest BCUT2D eigenvalue weighted by Crippen LogP contribution is -2.45. The van der Waals surface area contributed by atoms with E-state index in [1.807, 2.05) is 50.2 Å². The van der Waals surface area contributed by atoms with Crippen LogP contribution in [0.2, 0.25) is 0 Å². The second-order valence-corrected chi connectivity index (χ2v) is 9.80. The first-order valence-corrected chi connectivity index (χ1v) is 13.1. The first-order valence-electron chi connectivity index (χ1n) is 13.1. The summed E-state index contributed by atoms with van der Waals surface area (Å²) in [6, 6.07) is 23.0. The van der Waals surface area contributed by atoms with E-state index in [9.17, 15) is 14.0 Å². The smallest absolute Gasteiger partial charge is 0.251 e. The number of aromatic nitrogens is 4. The van der Waals surface area contributed by atoms with Crippen LogP contribution in [0.15, 0.2) is 89.3 Å². The molecule has 0 spiro atoms. The Labute approximate surface area is 236 Å². The van der Waals surface area contributed by atoms with Crippen molar-refractivity contribution in [2.75, 3.05) is 4.90 Å². The maximum atomic E-state index is 14.0. The van der Waals surface area contributed by atoms with Crippen LogP contribution in [0.4, 0.5) is 10.1 Å². The number of furan rings is 1. The van der Waals surface area contributed by atoms with Gasteiger partial charge in [-0.3, -0.25) is 14.5 Å². The highest BCUT2D eigenvalue weighted by molar-refractivity contribution is 6.00. The van der Waals surface area contributed by atoms with Crippen molar-refractivity contribution in [3.05, 3.63) is 119 Å². The van der Waals surface area contributed by atoms with Crippen molar-refractivity contribution < 1.29 is 18.4 Å². The summed E-state index contributed by atoms with van der Waals surface area (Å²) in [6.45, 7) is 5.55. The molecule has 5 rings (SSSR count). The molecule has 3 aromatic carbocycles. The Kier molecular flexibility index (Phi) is 8.00. The predicted molar refractivity (Wildman–Crippen MR) is 151 cm³/mol. The van der Waals surface area contributed by atoms with Crippen LogP contribution in [0.25, 0.3) is 11.4 Å². The molecule has 10 heteroatoms. The summed E-state index contributed by atoms with van der Waals surface area (Å²) in [5.74, 6) is -0.0159. The largest absolute Gasteiger partial charge is 0.464 e. The number of tetrazole rings is 1. The Bertz CT molecular complexity index is 1640. The molecule has 208 valence electrons. The van der Waals surface area contributed by atoms with Gasteiger partial charge in [0, 0.05) is 17.8 Å². The van der Waals surface area contributed by atoms with Gasteiger partial charge in [0.1, 0.15) is 23.9 Å². The Morgan fingerprint density at radius 3 is 2.20 bits per heavy atom. The van der Waals surface area contributed by atoms with Crippen molar-refractivity contribution >= 4 is 17.5 Å². The van der Waals surface area contributed by atoms with Gasteiger partial charge >= 0.3 is 0 Å². The molecule has 0 aliphatic rings. The summed E-state index contributed by atoms with van der Waals surface area (Å²) < 4.78 is 19.3. The van der Waals surface area contributed by atoms with Crippen molar-refractivity contribution in [3.8, 4) is 11.4 Å². The quantitative estimate of drug-likeness (QED) is 0.273. The van der Waals surface area contributed by atoms with Gasteiger partial charge in [-0.25, -0.2) is 4.39 Å². The summed E-state index contributed by atoms with van der Waals surface area (Å²) in [4.78, 5) is 30.3. The number of amides is 2. The third kappa shape index (κ3) is 6.55. The van der Waals surface area contributed by atoms with Crippen molar-refractivity contribution in [2.24, 2.45) is 0 Å². The standard InChI is InChI=1S/C31H29FN6O3/c1-20-4-11-24(12-5-20)30-34-36-37(35-30)19-28(39)38(26-15-6-21(2)7-16-26)29(27-17-8-22(3)41-27)31(40)33-18-23-9-13-25(32)14-10-23/h4-17,29H,18-19H2,1-3H3,(H,33,40). The van der Waals surface area contributed by atoms with Gasteiger partial charge in [0.15, 0.2) is 6.04 Å². The third-order valence-electron chi connectivity index (χ3n) is 6.54. The number of nitrogens with one attached hydrogen (secondary N) is 1. The van der Waals surface area contributed by atoms with Crippen molar-refractivity contribution in [2.45, 2.75) is 39.9 Å². The maximum Gasteiger partial charge on any atom is 0.251 e. The molecule has 0 fully saturated rings. The topological polar surface area (TPSA) is 106 Å². The van der Waals surface area contributed by atoms with E-state index >= 15 is 0 Å². The molecule has 2 aromatic heterocycles. The zero-order valence-electron chi connectivity index (χ0n) is 22.9. The van der Waals surface area contributed by atoms with Crippen LogP contribution in [0.1, 0.15) is 34.3 Å². The normalized spacial score (nSPS) is 11.7. The van der Waals surface area contributed by atoms with E-state index in [0.717, 1.165) is 16.7 Å². The van der Waals surface area contributed by atoms with Crippen LogP contribution in [0, 0.1) is 26.6 Å². The lowest BCUT2D eigenvalue weighted by molar-refractivity contribution is -0.127. The van der Waals surface area contributed by atoms with E-state index in [0.29, 0.717) is 28.6 Å². The zero-order valence-corrected chi connectivity index (χ0v) is 22.9. The zero-order chi connectivity index (χ0) is 28.9. The van der Waals surface area contributed by atoms with Gasteiger partial charge in [0.05, 0.1) is 0 Å². The minimum Gasteiger partial charge on any atom is -0.464 e. The molecule has 41 heavy (non-hydrogen) atoms. The van der Waals surface area contributed by atoms with Crippen molar-refractivity contribution in [1.82, 2.24) is 25.5 Å². The lowest BCUT2D eigenvalue weighted by Gasteiger charge is -2.30. The van der Waals surface area contributed by atoms with E-state index in [2.05, 4.69) is 20.7 Å². The number of hydrogen-bond donors (Lipinski definition) is 1. The molecule has 1 unspecified atom stereocenters. The minimum atomic E-state index is -1.14. The van der Waals surface area contributed by atoms with Crippen LogP contribution in [-0.2, 0) is 22.7 Å². The Hall–Kier alpha value is -5.12. The van der Waals surface area contributed by atoms with E-state index in [4.69, 9.17) is 4.42 Å². The average molecular weight is 553 g/mol. The van der Waals surface area contributed by atoms with E-state index in [1.54, 1.807) is 43.3 Å². The summed E-state index contributed by atoms with van der Waals surface area (Å²) in [5.41, 5.74) is 4.07. The number of carbonyl (C=O) groups is 2. The summed E-state index contributed by atoms with van der Waals surface area (Å²) in [6.07, 6.45) is 0. The molecule has 2 amide bonds. The molecular formula is C31H29FN6O3. The van der Waals surface area contributed by atoms with Crippen LogP contribution in [0.5, 0.6) is 0 Å². The number of carbonyl (C=O) groups excluding carboxylic acids is 2. The summed E-state index contributed by atoms with van der Waals surface area (Å²) in [5, 5.41) is 15.5. The number of nitrogens with zero attached hydrogens (tertiary/aromatic N) is 5. The van der Waals surface area contributed by atoms with Crippen LogP contribution in [-0.4, -0.2) is 32.0 Å². The fourth-order valence-electron chi connectivity index (χ4n) is 4.33. The number of anilines is 1. The second-order valence-electron chi connectivity index (χ2n) is 9.80. The van der Waals surface area contributed by atoms with Gasteiger partial charge < -0.3 is 9.73 Å². The van der Waals surface area contributed by atoms with Gasteiger partial charge in [0.2, 0.25) is 5.82 Å². The van der Waals surface area contributed by atoms with Gasteiger partial charge in [-0.05, 0) is 67.9 Å². The molecule has 9 nitrogen and oxygen atoms in total. The van der Waals surface area contributed by atoms with Crippen molar-refractivity contribution in [1.29, 1.82) is 0 Å². The Morgan fingerprint density at radius 1 is 0.902 bits per heavy atom. The highest BCUT2D eigenvalue weighted by atomic mass is 19.1. The number of rotatable bonds is 9. The molecule has 0 saturated carbocycles. The average Bonchev–Trinajstić information content (AvgIpc) is 3.61. The molecule has 0 bridgehead atoms. The number of benzene rings is 3. The fourth-order valence-corrected chi connectivity index (χ4v) is 4.33. The van der Waals surface area contributed by atoms with E-state index < -0.39 is 17.9 Å². The van der Waals surface area contributed by atoms with Gasteiger partial charge in [-0.1, -0.05) is 59.7 Å². The molecule has 0 aliphatic heterocycles. The van der Waals surface area contributed by atoms with Crippen LogP contribution >= 0.6 is 0 Å². The van der Waals surface area contributed by atoms with E-state index in [-0.39, 0.29) is 18.9 Å². The molecule has 5 aromatic rings. The van der Waals surface area contributed by atoms with Gasteiger partial charge in [0.25, 0.3) is 11.8 Å². The monoisotopic (exact) mass is 552 g/mol. The van der Waals surface area contributed by atoms with Gasteiger partial charge in [-0.2, -0.15) is 4.80 Å². The minimum absolute atomic E-state index is 0.135. The number of aryl methyl sites for hydroxylation is 3.